The summed E-state index contributed by atoms with van der Waals surface area (Å²) >= 11 is 0. The maximum atomic E-state index is 12.3. The van der Waals surface area contributed by atoms with Crippen LogP contribution in [0.4, 0.5) is 11.5 Å². The number of aryl methyl sites for hydroxylation is 2. The van der Waals surface area contributed by atoms with E-state index in [1.165, 1.54) is 0 Å². The molecule has 0 aliphatic carbocycles. The highest BCUT2D eigenvalue weighted by atomic mass is 32.2. The summed E-state index contributed by atoms with van der Waals surface area (Å²) in [5.74, 6) is 0.416. The zero-order valence-electron chi connectivity index (χ0n) is 14.1. The van der Waals surface area contributed by atoms with Crippen LogP contribution in [0.1, 0.15) is 28.0 Å². The lowest BCUT2D eigenvalue weighted by atomic mass is 10.1. The zero-order valence-corrected chi connectivity index (χ0v) is 14.9. The summed E-state index contributed by atoms with van der Waals surface area (Å²) in [6, 6.07) is 8.87. The summed E-state index contributed by atoms with van der Waals surface area (Å²) in [6.07, 6.45) is 0.554. The molecule has 2 heterocycles. The van der Waals surface area contributed by atoms with Crippen LogP contribution in [0.5, 0.6) is 0 Å². The van der Waals surface area contributed by atoms with Crippen molar-refractivity contribution in [1.82, 2.24) is 10.2 Å². The number of sulfone groups is 1. The largest absolute Gasteiger partial charge is 0.365 e. The van der Waals surface area contributed by atoms with Gasteiger partial charge in [0.2, 0.25) is 0 Å². The van der Waals surface area contributed by atoms with Crippen LogP contribution in [0.2, 0.25) is 0 Å². The molecule has 25 heavy (non-hydrogen) atoms. The van der Waals surface area contributed by atoms with Crippen LogP contribution in [0.25, 0.3) is 0 Å². The minimum absolute atomic E-state index is 0.101. The Morgan fingerprint density at radius 3 is 2.60 bits per heavy atom. The van der Waals surface area contributed by atoms with Gasteiger partial charge in [-0.1, -0.05) is 12.1 Å². The SMILES string of the molecule is Cc1ccc(C)c(NC(=O)c2ccc(NC3CCS(=O)(=O)C3)nn2)c1. The molecule has 132 valence electrons. The maximum absolute atomic E-state index is 12.3. The van der Waals surface area contributed by atoms with E-state index in [1.54, 1.807) is 12.1 Å². The molecule has 7 nitrogen and oxygen atoms in total. The van der Waals surface area contributed by atoms with Crippen molar-refractivity contribution in [3.8, 4) is 0 Å². The van der Waals surface area contributed by atoms with Gasteiger partial charge in [0.05, 0.1) is 11.5 Å². The van der Waals surface area contributed by atoms with Crippen molar-refractivity contribution in [2.24, 2.45) is 0 Å². The van der Waals surface area contributed by atoms with Gasteiger partial charge in [-0.05, 0) is 49.6 Å². The molecule has 8 heteroatoms. The van der Waals surface area contributed by atoms with Crippen LogP contribution >= 0.6 is 0 Å². The van der Waals surface area contributed by atoms with E-state index in [4.69, 9.17) is 0 Å². The van der Waals surface area contributed by atoms with E-state index >= 15 is 0 Å². The first-order valence-electron chi connectivity index (χ1n) is 8.02. The Kier molecular flexibility index (Phi) is 4.71. The first-order chi connectivity index (χ1) is 11.8. The number of hydrogen-bond acceptors (Lipinski definition) is 6. The van der Waals surface area contributed by atoms with E-state index < -0.39 is 9.84 Å². The number of nitrogens with one attached hydrogen (secondary N) is 2. The van der Waals surface area contributed by atoms with Crippen molar-refractivity contribution in [2.75, 3.05) is 22.1 Å². The predicted octanol–water partition coefficient (Wildman–Crippen LogP) is 1.94. The van der Waals surface area contributed by atoms with Gasteiger partial charge in [0.15, 0.2) is 15.5 Å². The van der Waals surface area contributed by atoms with Crippen LogP contribution in [0, 0.1) is 13.8 Å². The Labute approximate surface area is 146 Å². The fourth-order valence-corrected chi connectivity index (χ4v) is 4.38. The molecule has 1 aromatic heterocycles. The number of amides is 1. The minimum atomic E-state index is -2.95. The molecule has 1 aliphatic heterocycles. The van der Waals surface area contributed by atoms with Gasteiger partial charge >= 0.3 is 0 Å². The number of carbonyl (C=O) groups is 1. The van der Waals surface area contributed by atoms with Crippen LogP contribution in [0.3, 0.4) is 0 Å². The molecule has 1 amide bonds. The molecule has 0 spiro atoms. The Bertz CT molecular complexity index is 895. The van der Waals surface area contributed by atoms with Crippen molar-refractivity contribution in [3.05, 3.63) is 47.2 Å². The van der Waals surface area contributed by atoms with Gasteiger partial charge in [-0.25, -0.2) is 8.42 Å². The average Bonchev–Trinajstić information content (AvgIpc) is 2.90. The second kappa shape index (κ2) is 6.79. The lowest BCUT2D eigenvalue weighted by Gasteiger charge is -2.11. The third-order valence-corrected chi connectivity index (χ3v) is 5.89. The number of benzene rings is 1. The Morgan fingerprint density at radius 2 is 1.96 bits per heavy atom. The highest BCUT2D eigenvalue weighted by molar-refractivity contribution is 7.91. The number of rotatable bonds is 4. The Balaban J connectivity index is 1.65. The van der Waals surface area contributed by atoms with E-state index in [0.29, 0.717) is 12.2 Å². The summed E-state index contributed by atoms with van der Waals surface area (Å²) in [4.78, 5) is 12.3. The molecular formula is C17H20N4O3S. The number of nitrogens with zero attached hydrogens (tertiary/aromatic N) is 2. The van der Waals surface area contributed by atoms with Gasteiger partial charge in [0.1, 0.15) is 5.82 Å². The Hall–Kier alpha value is -2.48. The van der Waals surface area contributed by atoms with Crippen LogP contribution in [0.15, 0.2) is 30.3 Å². The molecule has 0 saturated carbocycles. The summed E-state index contributed by atoms with van der Waals surface area (Å²) in [5.41, 5.74) is 2.96. The zero-order chi connectivity index (χ0) is 18.0. The third kappa shape index (κ3) is 4.33. The van der Waals surface area contributed by atoms with Crippen molar-refractivity contribution in [1.29, 1.82) is 0 Å². The fraction of sp³-hybridized carbons (Fsp3) is 0.353. The van der Waals surface area contributed by atoms with Gasteiger partial charge in [-0.15, -0.1) is 10.2 Å². The monoisotopic (exact) mass is 360 g/mol. The topological polar surface area (TPSA) is 101 Å². The van der Waals surface area contributed by atoms with Crippen LogP contribution in [-0.4, -0.2) is 42.1 Å². The third-order valence-electron chi connectivity index (χ3n) is 4.12. The number of aromatic nitrogens is 2. The van der Waals surface area contributed by atoms with Gasteiger partial charge in [-0.3, -0.25) is 4.79 Å². The van der Waals surface area contributed by atoms with E-state index in [9.17, 15) is 13.2 Å². The van der Waals surface area contributed by atoms with Gasteiger partial charge in [0, 0.05) is 11.7 Å². The average molecular weight is 360 g/mol. The van der Waals surface area contributed by atoms with Crippen molar-refractivity contribution >= 4 is 27.2 Å². The van der Waals surface area contributed by atoms with Crippen molar-refractivity contribution in [2.45, 2.75) is 26.3 Å². The minimum Gasteiger partial charge on any atom is -0.365 e. The molecule has 0 radical (unpaired) electrons. The van der Waals surface area contributed by atoms with Gasteiger partial charge in [0.25, 0.3) is 5.91 Å². The summed E-state index contributed by atoms with van der Waals surface area (Å²) in [6.45, 7) is 3.88. The number of carbonyl (C=O) groups excluding carboxylic acids is 1. The highest BCUT2D eigenvalue weighted by Crippen LogP contribution is 2.18. The number of anilines is 2. The molecule has 0 bridgehead atoms. The second-order valence-electron chi connectivity index (χ2n) is 6.32. The quantitative estimate of drug-likeness (QED) is 0.864. The molecular weight excluding hydrogens is 340 g/mol. The molecule has 3 rings (SSSR count). The molecule has 1 fully saturated rings. The second-order valence-corrected chi connectivity index (χ2v) is 8.55. The van der Waals surface area contributed by atoms with Crippen LogP contribution < -0.4 is 10.6 Å². The molecule has 2 aromatic rings. The molecule has 1 aliphatic rings. The van der Waals surface area contributed by atoms with Crippen molar-refractivity contribution in [3.63, 3.8) is 0 Å². The molecule has 1 saturated heterocycles. The summed E-state index contributed by atoms with van der Waals surface area (Å²) in [5, 5.41) is 13.8. The predicted molar refractivity (Wildman–Crippen MR) is 96.6 cm³/mol. The molecule has 1 unspecified atom stereocenters. The summed E-state index contributed by atoms with van der Waals surface area (Å²) < 4.78 is 22.9. The first kappa shape index (κ1) is 17.3. The van der Waals surface area contributed by atoms with E-state index in [2.05, 4.69) is 20.8 Å². The van der Waals surface area contributed by atoms with E-state index in [1.807, 2.05) is 32.0 Å². The highest BCUT2D eigenvalue weighted by Gasteiger charge is 2.28. The van der Waals surface area contributed by atoms with Gasteiger partial charge in [-0.2, -0.15) is 0 Å². The Morgan fingerprint density at radius 1 is 1.16 bits per heavy atom. The first-order valence-corrected chi connectivity index (χ1v) is 9.84. The van der Waals surface area contributed by atoms with E-state index in [0.717, 1.165) is 16.8 Å². The maximum Gasteiger partial charge on any atom is 0.276 e. The molecule has 1 aromatic carbocycles. The van der Waals surface area contributed by atoms with Crippen molar-refractivity contribution < 1.29 is 13.2 Å². The molecule has 2 N–H and O–H groups in total. The normalized spacial score (nSPS) is 18.7. The van der Waals surface area contributed by atoms with Crippen LogP contribution in [-0.2, 0) is 9.84 Å². The van der Waals surface area contributed by atoms with Gasteiger partial charge < -0.3 is 10.6 Å². The fourth-order valence-electron chi connectivity index (χ4n) is 2.71. The smallest absolute Gasteiger partial charge is 0.276 e. The summed E-state index contributed by atoms with van der Waals surface area (Å²) in [7, 11) is -2.95. The molecule has 1 atom stereocenters. The lowest BCUT2D eigenvalue weighted by molar-refractivity contribution is 0.102. The van der Waals surface area contributed by atoms with E-state index in [-0.39, 0.29) is 29.1 Å². The number of hydrogen-bond donors (Lipinski definition) is 2. The standard InChI is InChI=1S/C17H20N4O3S/c1-11-3-4-12(2)15(9-11)19-17(22)14-5-6-16(21-20-14)18-13-7-8-25(23,24)10-13/h3-6,9,13H,7-8,10H2,1-2H3,(H,18,21)(H,19,22). The lowest BCUT2D eigenvalue weighted by Crippen LogP contribution is -2.22.